The number of amides is 2. The Morgan fingerprint density at radius 3 is 2.12 bits per heavy atom. The summed E-state index contributed by atoms with van der Waals surface area (Å²) < 4.78 is 5.14. The van der Waals surface area contributed by atoms with Crippen LogP contribution < -0.4 is 0 Å². The van der Waals surface area contributed by atoms with Gasteiger partial charge >= 0.3 is 5.97 Å². The summed E-state index contributed by atoms with van der Waals surface area (Å²) in [5, 5.41) is 10.6. The van der Waals surface area contributed by atoms with Crippen LogP contribution >= 0.6 is 0 Å². The first-order chi connectivity index (χ1) is 12.4. The molecule has 3 rings (SSSR count). The van der Waals surface area contributed by atoms with Crippen molar-refractivity contribution in [3.63, 3.8) is 0 Å². The Kier molecular flexibility index (Phi) is 4.49. The molecule has 1 heterocycles. The molecular weight excluding hydrogens is 340 g/mol. The third-order valence-electron chi connectivity index (χ3n) is 4.08. The van der Waals surface area contributed by atoms with Gasteiger partial charge in [-0.15, -0.1) is 0 Å². The molecule has 2 aromatic carbocycles. The number of carbonyl (C=O) groups excluding carboxylic acids is 3. The second-order valence-electron chi connectivity index (χ2n) is 5.73. The average molecular weight is 354 g/mol. The van der Waals surface area contributed by atoms with Gasteiger partial charge in [-0.3, -0.25) is 24.6 Å². The molecule has 0 saturated carbocycles. The Morgan fingerprint density at radius 2 is 1.62 bits per heavy atom. The highest BCUT2D eigenvalue weighted by molar-refractivity contribution is 6.22. The molecule has 0 fully saturated rings. The topological polar surface area (TPSA) is 107 Å². The van der Waals surface area contributed by atoms with Gasteiger partial charge in [-0.05, 0) is 36.8 Å². The first-order valence-electron chi connectivity index (χ1n) is 7.77. The highest BCUT2D eigenvalue weighted by Crippen LogP contribution is 2.25. The fraction of sp³-hybridized carbons (Fsp3) is 0.167. The van der Waals surface area contributed by atoms with Crippen molar-refractivity contribution in [1.82, 2.24) is 4.90 Å². The highest BCUT2D eigenvalue weighted by Gasteiger charge is 2.41. The highest BCUT2D eigenvalue weighted by atomic mass is 16.6. The van der Waals surface area contributed by atoms with E-state index in [0.29, 0.717) is 5.56 Å². The zero-order valence-corrected chi connectivity index (χ0v) is 13.7. The minimum atomic E-state index is -1.08. The fourth-order valence-electron chi connectivity index (χ4n) is 2.65. The smallest absolute Gasteiger partial charge is 0.329 e. The molecule has 2 amide bonds. The van der Waals surface area contributed by atoms with E-state index >= 15 is 0 Å². The number of imide groups is 1. The van der Waals surface area contributed by atoms with Crippen molar-refractivity contribution >= 4 is 23.5 Å². The summed E-state index contributed by atoms with van der Waals surface area (Å²) in [5.74, 6) is -1.81. The SMILES string of the molecule is C[C@H](C(=O)OCc1ccc([N+](=O)[O-])cc1)N1C(=O)c2ccccc2C1=O. The van der Waals surface area contributed by atoms with Crippen LogP contribution in [-0.4, -0.2) is 33.6 Å². The van der Waals surface area contributed by atoms with Crippen LogP contribution in [0.2, 0.25) is 0 Å². The minimum absolute atomic E-state index is 0.0699. The van der Waals surface area contributed by atoms with E-state index in [-0.39, 0.29) is 23.4 Å². The summed E-state index contributed by atoms with van der Waals surface area (Å²) in [4.78, 5) is 47.9. The van der Waals surface area contributed by atoms with Crippen molar-refractivity contribution in [2.45, 2.75) is 19.6 Å². The zero-order chi connectivity index (χ0) is 18.8. The van der Waals surface area contributed by atoms with Gasteiger partial charge < -0.3 is 4.74 Å². The van der Waals surface area contributed by atoms with Gasteiger partial charge in [0.25, 0.3) is 17.5 Å². The quantitative estimate of drug-likeness (QED) is 0.353. The molecule has 0 bridgehead atoms. The van der Waals surface area contributed by atoms with Gasteiger partial charge in [-0.25, -0.2) is 4.79 Å². The van der Waals surface area contributed by atoms with Crippen LogP contribution in [0.4, 0.5) is 5.69 Å². The molecule has 8 nitrogen and oxygen atoms in total. The van der Waals surface area contributed by atoms with Crippen LogP contribution in [0.15, 0.2) is 48.5 Å². The van der Waals surface area contributed by atoms with Crippen LogP contribution in [0.25, 0.3) is 0 Å². The molecule has 1 atom stereocenters. The normalized spacial score (nSPS) is 14.1. The lowest BCUT2D eigenvalue weighted by molar-refractivity contribution is -0.384. The number of hydrogen-bond donors (Lipinski definition) is 0. The van der Waals surface area contributed by atoms with E-state index in [1.54, 1.807) is 12.1 Å². The largest absolute Gasteiger partial charge is 0.459 e. The van der Waals surface area contributed by atoms with E-state index in [0.717, 1.165) is 4.90 Å². The molecular formula is C18H14N2O6. The Bertz CT molecular complexity index is 871. The van der Waals surface area contributed by atoms with Gasteiger partial charge in [-0.1, -0.05) is 12.1 Å². The van der Waals surface area contributed by atoms with Crippen molar-refractivity contribution < 1.29 is 24.0 Å². The molecule has 2 aromatic rings. The van der Waals surface area contributed by atoms with E-state index in [4.69, 9.17) is 4.74 Å². The molecule has 0 unspecified atom stereocenters. The minimum Gasteiger partial charge on any atom is -0.459 e. The van der Waals surface area contributed by atoms with Crippen LogP contribution in [0.5, 0.6) is 0 Å². The number of carbonyl (C=O) groups is 3. The van der Waals surface area contributed by atoms with Crippen molar-refractivity contribution in [1.29, 1.82) is 0 Å². The summed E-state index contributed by atoms with van der Waals surface area (Å²) in [6.45, 7) is 1.30. The molecule has 0 spiro atoms. The van der Waals surface area contributed by atoms with Gasteiger partial charge in [0.1, 0.15) is 12.6 Å². The number of esters is 1. The molecule has 8 heteroatoms. The maximum atomic E-state index is 12.4. The Hall–Kier alpha value is -3.55. The number of nitrogens with zero attached hydrogens (tertiary/aromatic N) is 2. The maximum absolute atomic E-state index is 12.4. The second-order valence-corrected chi connectivity index (χ2v) is 5.73. The van der Waals surface area contributed by atoms with Gasteiger partial charge in [0.15, 0.2) is 0 Å². The number of nitro groups is 1. The number of non-ortho nitro benzene ring substituents is 1. The number of nitro benzene ring substituents is 1. The van der Waals surface area contributed by atoms with Crippen molar-refractivity contribution in [3.8, 4) is 0 Å². The van der Waals surface area contributed by atoms with Crippen LogP contribution in [0.3, 0.4) is 0 Å². The molecule has 0 aliphatic carbocycles. The number of rotatable bonds is 5. The molecule has 1 aliphatic rings. The average Bonchev–Trinajstić information content (AvgIpc) is 2.90. The van der Waals surface area contributed by atoms with Crippen molar-refractivity contribution in [3.05, 3.63) is 75.3 Å². The van der Waals surface area contributed by atoms with Crippen molar-refractivity contribution in [2.24, 2.45) is 0 Å². The number of benzene rings is 2. The second kappa shape index (κ2) is 6.75. The maximum Gasteiger partial charge on any atom is 0.329 e. The monoisotopic (exact) mass is 354 g/mol. The predicted octanol–water partition coefficient (Wildman–Crippen LogP) is 2.32. The van der Waals surface area contributed by atoms with Crippen LogP contribution in [0, 0.1) is 10.1 Å². The van der Waals surface area contributed by atoms with Crippen LogP contribution in [0.1, 0.15) is 33.2 Å². The van der Waals surface area contributed by atoms with Crippen molar-refractivity contribution in [2.75, 3.05) is 0 Å². The number of fused-ring (bicyclic) bond motifs is 1. The zero-order valence-electron chi connectivity index (χ0n) is 13.7. The Morgan fingerprint density at radius 1 is 1.08 bits per heavy atom. The lowest BCUT2D eigenvalue weighted by Gasteiger charge is -2.20. The molecule has 132 valence electrons. The Labute approximate surface area is 148 Å². The lowest BCUT2D eigenvalue weighted by Crippen LogP contribution is -2.43. The van der Waals surface area contributed by atoms with Gasteiger partial charge in [0.05, 0.1) is 16.1 Å². The first kappa shape index (κ1) is 17.3. The number of hydrogen-bond acceptors (Lipinski definition) is 6. The van der Waals surface area contributed by atoms with E-state index < -0.39 is 28.7 Å². The molecule has 26 heavy (non-hydrogen) atoms. The predicted molar refractivity (Wildman–Crippen MR) is 89.3 cm³/mol. The summed E-state index contributed by atoms with van der Waals surface area (Å²) in [7, 11) is 0. The van der Waals surface area contributed by atoms with Gasteiger partial charge in [0, 0.05) is 12.1 Å². The third-order valence-corrected chi connectivity index (χ3v) is 4.08. The summed E-state index contributed by atoms with van der Waals surface area (Å²) >= 11 is 0. The standard InChI is InChI=1S/C18H14N2O6/c1-11(19-16(21)14-4-2-3-5-15(14)17(19)22)18(23)26-10-12-6-8-13(9-7-12)20(24)25/h2-9,11H,10H2,1H3/t11-/m1/s1. The Balaban J connectivity index is 1.66. The third kappa shape index (κ3) is 3.04. The van der Waals surface area contributed by atoms with Gasteiger partial charge in [0.2, 0.25) is 0 Å². The summed E-state index contributed by atoms with van der Waals surface area (Å²) in [6, 6.07) is 10.8. The van der Waals surface area contributed by atoms with Gasteiger partial charge in [-0.2, -0.15) is 0 Å². The van der Waals surface area contributed by atoms with Crippen LogP contribution in [-0.2, 0) is 16.1 Å². The van der Waals surface area contributed by atoms with E-state index in [9.17, 15) is 24.5 Å². The van der Waals surface area contributed by atoms with E-state index in [2.05, 4.69) is 0 Å². The fourth-order valence-corrected chi connectivity index (χ4v) is 2.65. The van der Waals surface area contributed by atoms with E-state index in [1.807, 2.05) is 0 Å². The number of ether oxygens (including phenoxy) is 1. The molecule has 0 saturated heterocycles. The molecule has 0 N–H and O–H groups in total. The molecule has 1 aliphatic heterocycles. The molecule has 0 radical (unpaired) electrons. The summed E-state index contributed by atoms with van der Waals surface area (Å²) in [6.07, 6.45) is 0. The molecule has 0 aromatic heterocycles. The summed E-state index contributed by atoms with van der Waals surface area (Å²) in [5.41, 5.74) is 0.998. The first-order valence-corrected chi connectivity index (χ1v) is 7.77. The lowest BCUT2D eigenvalue weighted by atomic mass is 10.1. The van der Waals surface area contributed by atoms with E-state index in [1.165, 1.54) is 43.3 Å².